The second-order valence-corrected chi connectivity index (χ2v) is 6.38. The predicted molar refractivity (Wildman–Crippen MR) is 90.5 cm³/mol. The molecule has 1 aromatic carbocycles. The van der Waals surface area contributed by atoms with Crippen molar-refractivity contribution in [1.29, 1.82) is 0 Å². The molecule has 0 spiro atoms. The lowest BCUT2D eigenvalue weighted by Gasteiger charge is -2.23. The zero-order chi connectivity index (χ0) is 17.1. The van der Waals surface area contributed by atoms with Gasteiger partial charge in [0.15, 0.2) is 17.3 Å². The van der Waals surface area contributed by atoms with Gasteiger partial charge >= 0.3 is 0 Å². The van der Waals surface area contributed by atoms with Crippen LogP contribution in [-0.2, 0) is 0 Å². The number of amides is 1. The van der Waals surface area contributed by atoms with Crippen molar-refractivity contribution in [2.24, 2.45) is 5.92 Å². The Balaban J connectivity index is 1.84. The summed E-state index contributed by atoms with van der Waals surface area (Å²) < 4.78 is 16.7. The summed E-state index contributed by atoms with van der Waals surface area (Å²) in [7, 11) is 0. The minimum atomic E-state index is -0.205. The van der Waals surface area contributed by atoms with Gasteiger partial charge in [-0.15, -0.1) is 0 Å². The Kier molecular flexibility index (Phi) is 4.79. The van der Waals surface area contributed by atoms with E-state index in [2.05, 4.69) is 19.2 Å². The van der Waals surface area contributed by atoms with Gasteiger partial charge in [-0.2, -0.15) is 0 Å². The van der Waals surface area contributed by atoms with Gasteiger partial charge in [-0.25, -0.2) is 0 Å². The fourth-order valence-corrected chi connectivity index (χ4v) is 2.82. The van der Waals surface area contributed by atoms with E-state index < -0.39 is 0 Å². The maximum absolute atomic E-state index is 12.5. The van der Waals surface area contributed by atoms with Gasteiger partial charge in [-0.1, -0.05) is 19.9 Å². The molecule has 1 N–H and O–H groups in total. The van der Waals surface area contributed by atoms with Crippen LogP contribution >= 0.6 is 0 Å². The lowest BCUT2D eigenvalue weighted by Crippen LogP contribution is -2.31. The molecule has 5 heteroatoms. The van der Waals surface area contributed by atoms with Gasteiger partial charge in [0.2, 0.25) is 0 Å². The van der Waals surface area contributed by atoms with Crippen LogP contribution in [0.2, 0.25) is 0 Å². The van der Waals surface area contributed by atoms with Crippen molar-refractivity contribution >= 4 is 5.91 Å². The SMILES string of the molecule is Cc1ccoc1C(=O)NC(c1ccc2c(c1)OCCCO2)C(C)C. The lowest BCUT2D eigenvalue weighted by molar-refractivity contribution is 0.0896. The highest BCUT2D eigenvalue weighted by Gasteiger charge is 2.23. The van der Waals surface area contributed by atoms with E-state index in [0.29, 0.717) is 19.0 Å². The van der Waals surface area contributed by atoms with Crippen LogP contribution in [0.4, 0.5) is 0 Å². The summed E-state index contributed by atoms with van der Waals surface area (Å²) in [5, 5.41) is 3.07. The van der Waals surface area contributed by atoms with Gasteiger partial charge in [-0.3, -0.25) is 4.79 Å². The zero-order valence-corrected chi connectivity index (χ0v) is 14.3. The van der Waals surface area contributed by atoms with Crippen molar-refractivity contribution in [3.8, 4) is 11.5 Å². The first-order valence-electron chi connectivity index (χ1n) is 8.30. The highest BCUT2D eigenvalue weighted by atomic mass is 16.5. The third kappa shape index (κ3) is 3.40. The van der Waals surface area contributed by atoms with Crippen molar-refractivity contribution in [1.82, 2.24) is 5.32 Å². The van der Waals surface area contributed by atoms with Gasteiger partial charge in [0.1, 0.15) is 0 Å². The van der Waals surface area contributed by atoms with Crippen LogP contribution in [-0.4, -0.2) is 19.1 Å². The maximum atomic E-state index is 12.5. The van der Waals surface area contributed by atoms with Crippen LogP contribution in [0.3, 0.4) is 0 Å². The smallest absolute Gasteiger partial charge is 0.287 e. The second-order valence-electron chi connectivity index (χ2n) is 6.38. The number of ether oxygens (including phenoxy) is 2. The number of carbonyl (C=O) groups excluding carboxylic acids is 1. The van der Waals surface area contributed by atoms with Gasteiger partial charge < -0.3 is 19.2 Å². The Hall–Kier alpha value is -2.43. The molecule has 3 rings (SSSR count). The molecule has 1 amide bonds. The predicted octanol–water partition coefficient (Wildman–Crippen LogP) is 3.88. The summed E-state index contributed by atoms with van der Waals surface area (Å²) >= 11 is 0. The molecule has 1 aliphatic rings. The Morgan fingerprint density at radius 1 is 1.12 bits per heavy atom. The summed E-state index contributed by atoms with van der Waals surface area (Å²) in [5.74, 6) is 1.86. The number of hydrogen-bond acceptors (Lipinski definition) is 4. The van der Waals surface area contributed by atoms with Gasteiger partial charge in [-0.05, 0) is 36.6 Å². The number of rotatable bonds is 4. The Labute approximate surface area is 141 Å². The first-order chi connectivity index (χ1) is 11.6. The number of nitrogens with one attached hydrogen (secondary N) is 1. The van der Waals surface area contributed by atoms with Crippen LogP contribution in [0.15, 0.2) is 34.9 Å². The van der Waals surface area contributed by atoms with E-state index in [9.17, 15) is 4.79 Å². The summed E-state index contributed by atoms with van der Waals surface area (Å²) in [6.07, 6.45) is 2.40. The molecular weight excluding hydrogens is 306 g/mol. The summed E-state index contributed by atoms with van der Waals surface area (Å²) in [5.41, 5.74) is 1.82. The lowest BCUT2D eigenvalue weighted by atomic mass is 9.95. The van der Waals surface area contributed by atoms with Crippen molar-refractivity contribution in [2.45, 2.75) is 33.2 Å². The maximum Gasteiger partial charge on any atom is 0.287 e. The van der Waals surface area contributed by atoms with Gasteiger partial charge in [0.25, 0.3) is 5.91 Å². The van der Waals surface area contributed by atoms with Gasteiger partial charge in [0.05, 0.1) is 25.5 Å². The van der Waals surface area contributed by atoms with E-state index in [1.165, 1.54) is 6.26 Å². The number of fused-ring (bicyclic) bond motifs is 1. The fraction of sp³-hybridized carbons (Fsp3) is 0.421. The molecule has 0 aliphatic carbocycles. The minimum absolute atomic E-state index is 0.140. The van der Waals surface area contributed by atoms with Crippen LogP contribution in [0, 0.1) is 12.8 Å². The Morgan fingerprint density at radius 2 is 1.88 bits per heavy atom. The van der Waals surface area contributed by atoms with Crippen LogP contribution in [0.5, 0.6) is 11.5 Å². The van der Waals surface area contributed by atoms with E-state index in [1.807, 2.05) is 25.1 Å². The number of furan rings is 1. The van der Waals surface area contributed by atoms with Crippen molar-refractivity contribution in [3.63, 3.8) is 0 Å². The fourth-order valence-electron chi connectivity index (χ4n) is 2.82. The molecule has 0 radical (unpaired) electrons. The highest BCUT2D eigenvalue weighted by molar-refractivity contribution is 5.93. The summed E-state index contributed by atoms with van der Waals surface area (Å²) in [4.78, 5) is 12.5. The number of hydrogen-bond donors (Lipinski definition) is 1. The average molecular weight is 329 g/mol. The zero-order valence-electron chi connectivity index (χ0n) is 14.3. The minimum Gasteiger partial charge on any atom is -0.490 e. The van der Waals surface area contributed by atoms with Crippen molar-refractivity contribution in [2.75, 3.05) is 13.2 Å². The first-order valence-corrected chi connectivity index (χ1v) is 8.30. The highest BCUT2D eigenvalue weighted by Crippen LogP contribution is 2.34. The summed E-state index contributed by atoms with van der Waals surface area (Å²) in [6, 6.07) is 7.50. The van der Waals surface area contributed by atoms with Crippen LogP contribution in [0.1, 0.15) is 48.0 Å². The molecule has 5 nitrogen and oxygen atoms in total. The molecule has 24 heavy (non-hydrogen) atoms. The standard InChI is InChI=1S/C19H23NO4/c1-12(2)17(20-19(21)18-13(3)7-10-24-18)14-5-6-15-16(11-14)23-9-4-8-22-15/h5-7,10-12,17H,4,8-9H2,1-3H3,(H,20,21). The van der Waals surface area contributed by atoms with Crippen LogP contribution < -0.4 is 14.8 Å². The molecule has 2 heterocycles. The molecule has 0 saturated heterocycles. The third-order valence-electron chi connectivity index (χ3n) is 4.15. The van der Waals surface area contributed by atoms with E-state index in [-0.39, 0.29) is 17.9 Å². The molecule has 2 aromatic rings. The third-order valence-corrected chi connectivity index (χ3v) is 4.15. The van der Waals surface area contributed by atoms with E-state index >= 15 is 0 Å². The molecule has 128 valence electrons. The van der Waals surface area contributed by atoms with Crippen molar-refractivity contribution in [3.05, 3.63) is 47.4 Å². The van der Waals surface area contributed by atoms with E-state index in [4.69, 9.17) is 13.9 Å². The topological polar surface area (TPSA) is 60.7 Å². The molecule has 1 aliphatic heterocycles. The molecule has 1 atom stereocenters. The van der Waals surface area contributed by atoms with Gasteiger partial charge in [0, 0.05) is 12.0 Å². The quantitative estimate of drug-likeness (QED) is 0.925. The number of carbonyl (C=O) groups is 1. The normalized spacial score (nSPS) is 15.0. The largest absolute Gasteiger partial charge is 0.490 e. The average Bonchev–Trinajstić information content (AvgIpc) is 2.85. The molecular formula is C19H23NO4. The second kappa shape index (κ2) is 6.99. The summed E-state index contributed by atoms with van der Waals surface area (Å²) in [6.45, 7) is 7.30. The first kappa shape index (κ1) is 16.4. The molecule has 1 unspecified atom stereocenters. The Bertz CT molecular complexity index is 720. The molecule has 0 saturated carbocycles. The van der Waals surface area contributed by atoms with Crippen LogP contribution in [0.25, 0.3) is 0 Å². The number of aryl methyl sites for hydroxylation is 1. The monoisotopic (exact) mass is 329 g/mol. The van der Waals surface area contributed by atoms with Crippen molar-refractivity contribution < 1.29 is 18.7 Å². The Morgan fingerprint density at radius 3 is 2.54 bits per heavy atom. The molecule has 0 bridgehead atoms. The van der Waals surface area contributed by atoms with E-state index in [0.717, 1.165) is 29.0 Å². The van der Waals surface area contributed by atoms with E-state index in [1.54, 1.807) is 6.07 Å². The number of benzene rings is 1. The molecule has 0 fully saturated rings. The molecule has 1 aromatic heterocycles.